The highest BCUT2D eigenvalue weighted by molar-refractivity contribution is 5.55. The Morgan fingerprint density at radius 2 is 1.63 bits per heavy atom. The van der Waals surface area contributed by atoms with Crippen molar-refractivity contribution < 1.29 is 4.39 Å². The van der Waals surface area contributed by atoms with Gasteiger partial charge in [-0.25, -0.2) is 9.37 Å². The second-order valence-electron chi connectivity index (χ2n) is 7.21. The van der Waals surface area contributed by atoms with E-state index in [9.17, 15) is 4.39 Å². The number of aromatic amines is 1. The first-order chi connectivity index (χ1) is 13.2. The third-order valence-electron chi connectivity index (χ3n) is 5.17. The fourth-order valence-electron chi connectivity index (χ4n) is 3.59. The molecule has 140 valence electrons. The van der Waals surface area contributed by atoms with Crippen molar-refractivity contribution in [2.24, 2.45) is 0 Å². The number of benzene rings is 2. The molecule has 1 N–H and O–H groups in total. The molecule has 5 heteroatoms. The van der Waals surface area contributed by atoms with Gasteiger partial charge in [0.25, 0.3) is 0 Å². The highest BCUT2D eigenvalue weighted by Crippen LogP contribution is 2.19. The van der Waals surface area contributed by atoms with Crippen LogP contribution in [0.25, 0.3) is 11.4 Å². The summed E-state index contributed by atoms with van der Waals surface area (Å²) < 4.78 is 13.4. The number of nitrogens with one attached hydrogen (secondary N) is 1. The number of H-pyrrole nitrogens is 1. The summed E-state index contributed by atoms with van der Waals surface area (Å²) in [6.07, 6.45) is 0. The van der Waals surface area contributed by atoms with E-state index in [0.717, 1.165) is 67.6 Å². The number of nitrogens with zero attached hydrogens (tertiary/aromatic N) is 3. The van der Waals surface area contributed by atoms with Crippen molar-refractivity contribution in [3.05, 3.63) is 77.4 Å². The van der Waals surface area contributed by atoms with Crippen LogP contribution in [0.2, 0.25) is 0 Å². The Kier molecular flexibility index (Phi) is 5.32. The van der Waals surface area contributed by atoms with Crippen LogP contribution in [-0.2, 0) is 13.1 Å². The first-order valence-corrected chi connectivity index (χ1v) is 9.47. The Morgan fingerprint density at radius 1 is 0.926 bits per heavy atom. The predicted molar refractivity (Wildman–Crippen MR) is 106 cm³/mol. The van der Waals surface area contributed by atoms with Crippen LogP contribution >= 0.6 is 0 Å². The summed E-state index contributed by atoms with van der Waals surface area (Å²) in [6.45, 7) is 7.75. The van der Waals surface area contributed by atoms with E-state index in [1.54, 1.807) is 12.1 Å². The van der Waals surface area contributed by atoms with Gasteiger partial charge in [0.2, 0.25) is 0 Å². The van der Waals surface area contributed by atoms with Crippen molar-refractivity contribution >= 4 is 0 Å². The molecular formula is C22H25FN4. The highest BCUT2D eigenvalue weighted by Gasteiger charge is 2.19. The van der Waals surface area contributed by atoms with Crippen molar-refractivity contribution in [3.8, 4) is 11.4 Å². The van der Waals surface area contributed by atoms with E-state index in [4.69, 9.17) is 4.98 Å². The van der Waals surface area contributed by atoms with Crippen molar-refractivity contribution in [2.75, 3.05) is 26.2 Å². The first kappa shape index (κ1) is 17.9. The van der Waals surface area contributed by atoms with Gasteiger partial charge in [-0.05, 0) is 24.6 Å². The van der Waals surface area contributed by atoms with E-state index in [1.165, 1.54) is 6.07 Å². The van der Waals surface area contributed by atoms with Crippen molar-refractivity contribution in [1.82, 2.24) is 19.8 Å². The quantitative estimate of drug-likeness (QED) is 0.747. The first-order valence-electron chi connectivity index (χ1n) is 9.47. The number of hydrogen-bond acceptors (Lipinski definition) is 3. The maximum absolute atomic E-state index is 13.4. The zero-order chi connectivity index (χ0) is 18.6. The fraction of sp³-hybridized carbons (Fsp3) is 0.318. The number of halogens is 1. The molecule has 0 spiro atoms. The average Bonchev–Trinajstić information content (AvgIpc) is 3.05. The maximum Gasteiger partial charge on any atom is 0.137 e. The van der Waals surface area contributed by atoms with Crippen molar-refractivity contribution in [2.45, 2.75) is 20.0 Å². The molecule has 0 radical (unpaired) electrons. The number of hydrogen-bond donors (Lipinski definition) is 1. The van der Waals surface area contributed by atoms with E-state index in [0.29, 0.717) is 0 Å². The molecule has 2 aromatic carbocycles. The van der Waals surface area contributed by atoms with E-state index in [2.05, 4.69) is 33.8 Å². The summed E-state index contributed by atoms with van der Waals surface area (Å²) in [5, 5.41) is 0. The summed E-state index contributed by atoms with van der Waals surface area (Å²) in [5.74, 6) is 0.780. The molecule has 0 amide bonds. The summed E-state index contributed by atoms with van der Waals surface area (Å²) in [7, 11) is 0. The molecule has 4 rings (SSSR count). The van der Waals surface area contributed by atoms with Gasteiger partial charge in [0, 0.05) is 50.5 Å². The molecule has 0 bridgehead atoms. The maximum atomic E-state index is 13.4. The highest BCUT2D eigenvalue weighted by atomic mass is 19.1. The third-order valence-corrected chi connectivity index (χ3v) is 5.17. The number of imidazole rings is 1. The van der Waals surface area contributed by atoms with Gasteiger partial charge in [-0.3, -0.25) is 9.80 Å². The molecule has 1 aromatic heterocycles. The lowest BCUT2D eigenvalue weighted by molar-refractivity contribution is 0.121. The summed E-state index contributed by atoms with van der Waals surface area (Å²) >= 11 is 0. The SMILES string of the molecule is Cc1[nH]c(-c2ccccc2)nc1CN1CCN(Cc2cccc(F)c2)CC1. The van der Waals surface area contributed by atoms with E-state index >= 15 is 0 Å². The summed E-state index contributed by atoms with van der Waals surface area (Å²) in [5.41, 5.74) is 4.41. The lowest BCUT2D eigenvalue weighted by atomic mass is 10.2. The molecule has 2 heterocycles. The number of aromatic nitrogens is 2. The van der Waals surface area contributed by atoms with Crippen molar-refractivity contribution in [3.63, 3.8) is 0 Å². The Bertz CT molecular complexity index is 882. The number of piperazine rings is 1. The average molecular weight is 364 g/mol. The largest absolute Gasteiger partial charge is 0.342 e. The van der Waals surface area contributed by atoms with Crippen LogP contribution in [0.4, 0.5) is 4.39 Å². The molecule has 1 saturated heterocycles. The second-order valence-corrected chi connectivity index (χ2v) is 7.21. The molecular weight excluding hydrogens is 339 g/mol. The molecule has 0 saturated carbocycles. The van der Waals surface area contributed by atoms with Gasteiger partial charge in [-0.15, -0.1) is 0 Å². The van der Waals surface area contributed by atoms with Gasteiger partial charge in [0.05, 0.1) is 5.69 Å². The minimum absolute atomic E-state index is 0.158. The van der Waals surface area contributed by atoms with Gasteiger partial charge in [-0.1, -0.05) is 42.5 Å². The number of rotatable bonds is 5. The van der Waals surface area contributed by atoms with Gasteiger partial charge in [0.1, 0.15) is 11.6 Å². The molecule has 0 aliphatic carbocycles. The van der Waals surface area contributed by atoms with Crippen LogP contribution < -0.4 is 0 Å². The zero-order valence-electron chi connectivity index (χ0n) is 15.7. The molecule has 0 unspecified atom stereocenters. The van der Waals surface area contributed by atoms with E-state index in [1.807, 2.05) is 24.3 Å². The minimum atomic E-state index is -0.158. The molecule has 4 nitrogen and oxygen atoms in total. The molecule has 3 aromatic rings. The standard InChI is InChI=1S/C22H25FN4/c1-17-21(25-22(24-17)19-7-3-2-4-8-19)16-27-12-10-26(11-13-27)15-18-6-5-9-20(23)14-18/h2-9,14H,10-13,15-16H2,1H3,(H,24,25). The smallest absolute Gasteiger partial charge is 0.137 e. The van der Waals surface area contributed by atoms with E-state index in [-0.39, 0.29) is 5.82 Å². The Labute approximate surface area is 159 Å². The molecule has 1 aliphatic rings. The number of aryl methyl sites for hydroxylation is 1. The van der Waals surface area contributed by atoms with Gasteiger partial charge in [0.15, 0.2) is 0 Å². The lowest BCUT2D eigenvalue weighted by Gasteiger charge is -2.34. The predicted octanol–water partition coefficient (Wildman–Crippen LogP) is 3.84. The van der Waals surface area contributed by atoms with Crippen molar-refractivity contribution in [1.29, 1.82) is 0 Å². The van der Waals surface area contributed by atoms with Crippen LogP contribution in [-0.4, -0.2) is 45.9 Å². The molecule has 27 heavy (non-hydrogen) atoms. The monoisotopic (exact) mass is 364 g/mol. The van der Waals surface area contributed by atoms with E-state index < -0.39 is 0 Å². The Hall–Kier alpha value is -2.50. The van der Waals surface area contributed by atoms with Crippen LogP contribution in [0, 0.1) is 12.7 Å². The molecule has 1 fully saturated rings. The Balaban J connectivity index is 1.34. The zero-order valence-corrected chi connectivity index (χ0v) is 15.7. The van der Waals surface area contributed by atoms with Gasteiger partial charge < -0.3 is 4.98 Å². The topological polar surface area (TPSA) is 35.2 Å². The summed E-state index contributed by atoms with van der Waals surface area (Å²) in [4.78, 5) is 13.1. The van der Waals surface area contributed by atoms with Crippen LogP contribution in [0.5, 0.6) is 0 Å². The fourth-order valence-corrected chi connectivity index (χ4v) is 3.59. The normalized spacial score (nSPS) is 15.9. The lowest BCUT2D eigenvalue weighted by Crippen LogP contribution is -2.45. The van der Waals surface area contributed by atoms with Crippen LogP contribution in [0.3, 0.4) is 0 Å². The van der Waals surface area contributed by atoms with Crippen LogP contribution in [0.1, 0.15) is 17.0 Å². The van der Waals surface area contributed by atoms with Gasteiger partial charge >= 0.3 is 0 Å². The minimum Gasteiger partial charge on any atom is -0.342 e. The Morgan fingerprint density at radius 3 is 2.33 bits per heavy atom. The van der Waals surface area contributed by atoms with Gasteiger partial charge in [-0.2, -0.15) is 0 Å². The summed E-state index contributed by atoms with van der Waals surface area (Å²) in [6, 6.07) is 17.1. The third kappa shape index (κ3) is 4.43. The molecule has 1 aliphatic heterocycles. The molecule has 0 atom stereocenters. The van der Waals surface area contributed by atoms with Crippen LogP contribution in [0.15, 0.2) is 54.6 Å². The second kappa shape index (κ2) is 8.03.